The quantitative estimate of drug-likeness (QED) is 0.904. The second kappa shape index (κ2) is 5.18. The van der Waals surface area contributed by atoms with Gasteiger partial charge in [-0.25, -0.2) is 4.98 Å². The smallest absolute Gasteiger partial charge is 0.318 e. The van der Waals surface area contributed by atoms with E-state index in [0.717, 1.165) is 5.82 Å². The van der Waals surface area contributed by atoms with Crippen molar-refractivity contribution in [2.45, 2.75) is 13.0 Å². The maximum Gasteiger partial charge on any atom is 0.318 e. The molecular formula is C10H13ClN6O. The number of aromatic nitrogens is 5. The molecule has 1 unspecified atom stereocenters. The Hall–Kier alpha value is -1.89. The molecule has 0 aliphatic rings. The van der Waals surface area contributed by atoms with E-state index in [2.05, 4.69) is 25.5 Å². The zero-order valence-corrected chi connectivity index (χ0v) is 11.0. The van der Waals surface area contributed by atoms with E-state index in [1.165, 1.54) is 13.3 Å². The number of hydrogen-bond donors (Lipinski definition) is 1. The second-order valence-corrected chi connectivity index (χ2v) is 4.13. The highest BCUT2D eigenvalue weighted by Gasteiger charge is 2.14. The predicted molar refractivity (Wildman–Crippen MR) is 66.6 cm³/mol. The minimum atomic E-state index is -0.0883. The molecule has 0 aliphatic heterocycles. The van der Waals surface area contributed by atoms with E-state index in [9.17, 15) is 0 Å². The molecule has 0 amide bonds. The van der Waals surface area contributed by atoms with Crippen molar-refractivity contribution in [2.24, 2.45) is 7.05 Å². The van der Waals surface area contributed by atoms with Crippen molar-refractivity contribution >= 4 is 17.4 Å². The Balaban J connectivity index is 2.21. The summed E-state index contributed by atoms with van der Waals surface area (Å²) < 4.78 is 6.78. The summed E-state index contributed by atoms with van der Waals surface area (Å²) in [6.45, 7) is 1.94. The average Bonchev–Trinajstić information content (AvgIpc) is 2.78. The Morgan fingerprint density at radius 3 is 2.89 bits per heavy atom. The van der Waals surface area contributed by atoms with Gasteiger partial charge in [-0.3, -0.25) is 0 Å². The van der Waals surface area contributed by atoms with Crippen molar-refractivity contribution in [3.05, 3.63) is 23.4 Å². The Kier molecular flexibility index (Phi) is 3.61. The van der Waals surface area contributed by atoms with Crippen LogP contribution in [0.2, 0.25) is 5.02 Å². The van der Waals surface area contributed by atoms with Gasteiger partial charge in [0, 0.05) is 7.05 Å². The Morgan fingerprint density at radius 1 is 1.50 bits per heavy atom. The molecule has 0 saturated carbocycles. The van der Waals surface area contributed by atoms with Crippen molar-refractivity contribution in [1.82, 2.24) is 24.7 Å². The molecule has 8 heteroatoms. The van der Waals surface area contributed by atoms with Crippen molar-refractivity contribution in [3.63, 3.8) is 0 Å². The highest BCUT2D eigenvalue weighted by molar-refractivity contribution is 6.32. The van der Waals surface area contributed by atoms with Gasteiger partial charge in [0.25, 0.3) is 0 Å². The fraction of sp³-hybridized carbons (Fsp3) is 0.400. The van der Waals surface area contributed by atoms with Crippen LogP contribution in [0.5, 0.6) is 6.01 Å². The Morgan fingerprint density at radius 2 is 2.28 bits per heavy atom. The van der Waals surface area contributed by atoms with Crippen LogP contribution in [0, 0.1) is 0 Å². The monoisotopic (exact) mass is 268 g/mol. The maximum absolute atomic E-state index is 6.01. The van der Waals surface area contributed by atoms with Crippen LogP contribution < -0.4 is 10.1 Å². The number of anilines is 1. The van der Waals surface area contributed by atoms with E-state index in [-0.39, 0.29) is 12.1 Å². The topological polar surface area (TPSA) is 77.8 Å². The summed E-state index contributed by atoms with van der Waals surface area (Å²) in [6.07, 6.45) is 3.12. The zero-order valence-electron chi connectivity index (χ0n) is 10.3. The highest BCUT2D eigenvalue weighted by atomic mass is 35.5. The van der Waals surface area contributed by atoms with Gasteiger partial charge in [0.05, 0.1) is 19.3 Å². The fourth-order valence-electron chi connectivity index (χ4n) is 1.50. The van der Waals surface area contributed by atoms with Crippen LogP contribution in [-0.2, 0) is 7.05 Å². The third kappa shape index (κ3) is 2.51. The summed E-state index contributed by atoms with van der Waals surface area (Å²) in [5, 5.41) is 11.4. The molecule has 2 aromatic heterocycles. The molecule has 0 radical (unpaired) electrons. The first-order chi connectivity index (χ1) is 8.61. The lowest BCUT2D eigenvalue weighted by Gasteiger charge is -2.14. The van der Waals surface area contributed by atoms with Gasteiger partial charge in [-0.2, -0.15) is 4.98 Å². The summed E-state index contributed by atoms with van der Waals surface area (Å²) in [6, 6.07) is 0.168. The van der Waals surface area contributed by atoms with Gasteiger partial charge < -0.3 is 14.6 Å². The number of hydrogen-bond acceptors (Lipinski definition) is 6. The normalized spacial score (nSPS) is 12.2. The molecule has 0 aromatic carbocycles. The number of nitrogens with zero attached hydrogens (tertiary/aromatic N) is 5. The van der Waals surface area contributed by atoms with E-state index >= 15 is 0 Å². The molecule has 18 heavy (non-hydrogen) atoms. The molecule has 2 heterocycles. The SMILES string of the molecule is COc1ncc(Cl)c(NC(C)c2nncn2C)n1. The molecule has 7 nitrogen and oxygen atoms in total. The van der Waals surface area contributed by atoms with E-state index in [4.69, 9.17) is 16.3 Å². The van der Waals surface area contributed by atoms with Crippen LogP contribution in [0.4, 0.5) is 5.82 Å². The molecular weight excluding hydrogens is 256 g/mol. The molecule has 96 valence electrons. The summed E-state index contributed by atoms with van der Waals surface area (Å²) in [4.78, 5) is 8.04. The molecule has 2 rings (SSSR count). The second-order valence-electron chi connectivity index (χ2n) is 3.72. The number of ether oxygens (including phenoxy) is 1. The molecule has 0 fully saturated rings. The third-order valence-electron chi connectivity index (χ3n) is 2.39. The van der Waals surface area contributed by atoms with Crippen LogP contribution in [0.1, 0.15) is 18.8 Å². The predicted octanol–water partition coefficient (Wildman–Crippen LogP) is 1.44. The van der Waals surface area contributed by atoms with E-state index < -0.39 is 0 Å². The van der Waals surface area contributed by atoms with E-state index in [1.807, 2.05) is 18.5 Å². The van der Waals surface area contributed by atoms with Crippen LogP contribution in [0.25, 0.3) is 0 Å². The van der Waals surface area contributed by atoms with Gasteiger partial charge in [-0.1, -0.05) is 11.6 Å². The summed E-state index contributed by atoms with van der Waals surface area (Å²) >= 11 is 6.01. The Bertz CT molecular complexity index is 543. The van der Waals surface area contributed by atoms with Gasteiger partial charge in [0.15, 0.2) is 11.6 Å². The lowest BCUT2D eigenvalue weighted by Crippen LogP contribution is -2.13. The van der Waals surface area contributed by atoms with Gasteiger partial charge in [-0.05, 0) is 6.92 Å². The first-order valence-electron chi connectivity index (χ1n) is 5.28. The van der Waals surface area contributed by atoms with Crippen LogP contribution in [-0.4, -0.2) is 31.8 Å². The standard InChI is InChI=1S/C10H13ClN6O/c1-6(9-16-13-5-17(9)2)14-8-7(11)4-12-10(15-8)18-3/h4-6H,1-3H3,(H,12,14,15). The molecule has 1 atom stereocenters. The molecule has 2 aromatic rings. The van der Waals surface area contributed by atoms with E-state index in [1.54, 1.807) is 6.33 Å². The molecule has 1 N–H and O–H groups in total. The summed E-state index contributed by atoms with van der Waals surface area (Å²) in [7, 11) is 3.37. The van der Waals surface area contributed by atoms with Crippen LogP contribution in [0.15, 0.2) is 12.5 Å². The van der Waals surface area contributed by atoms with Crippen LogP contribution in [0.3, 0.4) is 0 Å². The minimum absolute atomic E-state index is 0.0883. The minimum Gasteiger partial charge on any atom is -0.467 e. The van der Waals surface area contributed by atoms with Gasteiger partial charge in [0.1, 0.15) is 11.3 Å². The number of nitrogens with one attached hydrogen (secondary N) is 1. The molecule has 0 bridgehead atoms. The average molecular weight is 269 g/mol. The number of methoxy groups -OCH3 is 1. The Labute approximate surface area is 109 Å². The maximum atomic E-state index is 6.01. The fourth-order valence-corrected chi connectivity index (χ4v) is 1.65. The van der Waals surface area contributed by atoms with Gasteiger partial charge in [0.2, 0.25) is 0 Å². The zero-order chi connectivity index (χ0) is 13.1. The van der Waals surface area contributed by atoms with Crippen LogP contribution >= 0.6 is 11.6 Å². The van der Waals surface area contributed by atoms with Gasteiger partial charge >= 0.3 is 6.01 Å². The number of rotatable bonds is 4. The lowest BCUT2D eigenvalue weighted by molar-refractivity contribution is 0.380. The number of halogens is 1. The largest absolute Gasteiger partial charge is 0.467 e. The molecule has 0 spiro atoms. The third-order valence-corrected chi connectivity index (χ3v) is 2.67. The summed E-state index contributed by atoms with van der Waals surface area (Å²) in [5.74, 6) is 1.28. The number of aryl methyl sites for hydroxylation is 1. The van der Waals surface area contributed by atoms with Crippen molar-refractivity contribution in [2.75, 3.05) is 12.4 Å². The van der Waals surface area contributed by atoms with E-state index in [0.29, 0.717) is 10.8 Å². The summed E-state index contributed by atoms with van der Waals surface area (Å²) in [5.41, 5.74) is 0. The first-order valence-corrected chi connectivity index (χ1v) is 5.66. The van der Waals surface area contributed by atoms with Crippen molar-refractivity contribution in [3.8, 4) is 6.01 Å². The van der Waals surface area contributed by atoms with Gasteiger partial charge in [-0.15, -0.1) is 10.2 Å². The first kappa shape index (κ1) is 12.6. The molecule has 0 aliphatic carbocycles. The highest BCUT2D eigenvalue weighted by Crippen LogP contribution is 2.24. The molecule has 0 saturated heterocycles. The lowest BCUT2D eigenvalue weighted by atomic mass is 10.3. The van der Waals surface area contributed by atoms with Crippen molar-refractivity contribution < 1.29 is 4.74 Å². The van der Waals surface area contributed by atoms with Crippen molar-refractivity contribution in [1.29, 1.82) is 0 Å².